The Morgan fingerprint density at radius 2 is 1.77 bits per heavy atom. The van der Waals surface area contributed by atoms with Gasteiger partial charge in [-0.15, -0.1) is 0 Å². The molecular weight excluding hydrogens is 396 g/mol. The van der Waals surface area contributed by atoms with Gasteiger partial charge in [-0.3, -0.25) is 9.59 Å². The number of amides is 1. The normalized spacial score (nSPS) is 17.3. The first-order chi connectivity index (χ1) is 15.1. The van der Waals surface area contributed by atoms with Crippen molar-refractivity contribution in [2.45, 2.75) is 77.2 Å². The first-order valence-corrected chi connectivity index (χ1v) is 11.8. The molecule has 0 saturated heterocycles. The van der Waals surface area contributed by atoms with Crippen LogP contribution in [0.3, 0.4) is 0 Å². The van der Waals surface area contributed by atoms with E-state index in [9.17, 15) is 14.4 Å². The van der Waals surface area contributed by atoms with E-state index >= 15 is 0 Å². The molecule has 0 atom stereocenters. The number of nitrogens with zero attached hydrogens (tertiary/aromatic N) is 1. The predicted molar refractivity (Wildman–Crippen MR) is 118 cm³/mol. The number of aromatic nitrogens is 1. The summed E-state index contributed by atoms with van der Waals surface area (Å²) in [5.41, 5.74) is 2.36. The van der Waals surface area contributed by atoms with Gasteiger partial charge in [0.1, 0.15) is 12.2 Å². The molecule has 1 aromatic heterocycles. The number of carbonyl (C=O) groups excluding carboxylic acids is 2. The molecule has 172 valence electrons. The van der Waals surface area contributed by atoms with Gasteiger partial charge in [-0.2, -0.15) is 0 Å². The van der Waals surface area contributed by atoms with E-state index in [4.69, 9.17) is 4.74 Å². The SMILES string of the molecule is COC(=O)COCCNC(=O)c1cc2c(n(CC3CCCCC3)c1=O)CCCCCC2. The first-order valence-electron chi connectivity index (χ1n) is 11.8. The number of aryl methyl sites for hydroxylation is 1. The Bertz CT molecular complexity index is 811. The van der Waals surface area contributed by atoms with Crippen molar-refractivity contribution in [2.24, 2.45) is 5.92 Å². The van der Waals surface area contributed by atoms with Gasteiger partial charge >= 0.3 is 5.97 Å². The molecule has 0 radical (unpaired) electrons. The highest BCUT2D eigenvalue weighted by molar-refractivity contribution is 5.94. The van der Waals surface area contributed by atoms with Crippen molar-refractivity contribution in [3.05, 3.63) is 33.2 Å². The highest BCUT2D eigenvalue weighted by Crippen LogP contribution is 2.27. The number of fused-ring (bicyclic) bond motifs is 1. The van der Waals surface area contributed by atoms with Crippen molar-refractivity contribution < 1.29 is 19.1 Å². The van der Waals surface area contributed by atoms with E-state index in [1.165, 1.54) is 39.2 Å². The predicted octanol–water partition coefficient (Wildman–Crippen LogP) is 3.01. The number of pyridine rings is 1. The summed E-state index contributed by atoms with van der Waals surface area (Å²) in [7, 11) is 1.30. The van der Waals surface area contributed by atoms with Gasteiger partial charge in [0.05, 0.1) is 13.7 Å². The van der Waals surface area contributed by atoms with Crippen molar-refractivity contribution in [1.82, 2.24) is 9.88 Å². The largest absolute Gasteiger partial charge is 0.467 e. The van der Waals surface area contributed by atoms with Gasteiger partial charge in [-0.25, -0.2) is 4.79 Å². The average molecular weight is 433 g/mol. The van der Waals surface area contributed by atoms with Crippen LogP contribution >= 0.6 is 0 Å². The minimum atomic E-state index is -0.460. The Morgan fingerprint density at radius 3 is 2.52 bits per heavy atom. The number of nitrogens with one attached hydrogen (secondary N) is 1. The van der Waals surface area contributed by atoms with Crippen LogP contribution in [0.1, 0.15) is 79.4 Å². The summed E-state index contributed by atoms with van der Waals surface area (Å²) < 4.78 is 11.6. The van der Waals surface area contributed by atoms with E-state index in [1.807, 2.05) is 10.6 Å². The molecule has 0 aromatic carbocycles. The fraction of sp³-hybridized carbons (Fsp3) is 0.708. The van der Waals surface area contributed by atoms with E-state index in [0.29, 0.717) is 5.92 Å². The topological polar surface area (TPSA) is 86.6 Å². The van der Waals surface area contributed by atoms with Crippen LogP contribution in [0.15, 0.2) is 10.9 Å². The van der Waals surface area contributed by atoms with Crippen molar-refractivity contribution in [2.75, 3.05) is 26.9 Å². The molecular formula is C24H36N2O5. The summed E-state index contributed by atoms with van der Waals surface area (Å²) in [6, 6.07) is 1.82. The Balaban J connectivity index is 1.76. The summed E-state index contributed by atoms with van der Waals surface area (Å²) >= 11 is 0. The highest BCUT2D eigenvalue weighted by atomic mass is 16.6. The van der Waals surface area contributed by atoms with Crippen molar-refractivity contribution in [3.8, 4) is 0 Å². The van der Waals surface area contributed by atoms with Crippen LogP contribution in [-0.4, -0.2) is 43.3 Å². The van der Waals surface area contributed by atoms with E-state index < -0.39 is 5.97 Å². The fourth-order valence-electron chi connectivity index (χ4n) is 4.76. The molecule has 1 amide bonds. The molecule has 0 bridgehead atoms. The van der Waals surface area contributed by atoms with Gasteiger partial charge in [0.25, 0.3) is 11.5 Å². The third-order valence-corrected chi connectivity index (χ3v) is 6.49. The second-order valence-electron chi connectivity index (χ2n) is 8.75. The second kappa shape index (κ2) is 12.0. The highest BCUT2D eigenvalue weighted by Gasteiger charge is 2.23. The molecule has 7 nitrogen and oxygen atoms in total. The molecule has 0 aliphatic heterocycles. The van der Waals surface area contributed by atoms with Crippen LogP contribution in [0.5, 0.6) is 0 Å². The van der Waals surface area contributed by atoms with Gasteiger partial charge in [0.15, 0.2) is 0 Å². The molecule has 1 N–H and O–H groups in total. The molecule has 1 heterocycles. The standard InChI is InChI=1S/C24H36N2O5/c1-30-22(27)17-31-14-13-25-23(28)20-15-19-11-7-2-3-8-12-21(19)26(24(20)29)16-18-9-5-4-6-10-18/h15,18H,2-14,16-17H2,1H3,(H,25,28). The third kappa shape index (κ3) is 6.66. The molecule has 0 unspecified atom stereocenters. The molecule has 2 aliphatic rings. The quantitative estimate of drug-likeness (QED) is 0.504. The number of esters is 1. The van der Waals surface area contributed by atoms with Gasteiger partial charge in [0.2, 0.25) is 0 Å². The van der Waals surface area contributed by atoms with E-state index in [2.05, 4.69) is 10.1 Å². The molecule has 3 rings (SSSR count). The summed E-state index contributed by atoms with van der Waals surface area (Å²) in [5, 5.41) is 2.77. The zero-order chi connectivity index (χ0) is 22.1. The molecule has 1 fully saturated rings. The summed E-state index contributed by atoms with van der Waals surface area (Å²) in [4.78, 5) is 37.3. The zero-order valence-electron chi connectivity index (χ0n) is 18.7. The lowest BCUT2D eigenvalue weighted by Crippen LogP contribution is -2.38. The minimum absolute atomic E-state index is 0.153. The zero-order valence-corrected chi connectivity index (χ0v) is 18.7. The summed E-state index contributed by atoms with van der Waals surface area (Å²) in [6.45, 7) is 0.987. The number of rotatable bonds is 8. The van der Waals surface area contributed by atoms with Gasteiger partial charge in [-0.1, -0.05) is 32.1 Å². The van der Waals surface area contributed by atoms with Crippen molar-refractivity contribution in [1.29, 1.82) is 0 Å². The number of ether oxygens (including phenoxy) is 2. The van der Waals surface area contributed by atoms with E-state index in [-0.39, 0.29) is 36.8 Å². The lowest BCUT2D eigenvalue weighted by molar-refractivity contribution is -0.145. The maximum absolute atomic E-state index is 13.4. The molecule has 2 aliphatic carbocycles. The molecule has 1 saturated carbocycles. The summed E-state index contributed by atoms with van der Waals surface area (Å²) in [6.07, 6.45) is 12.5. The Labute approximate surface area is 184 Å². The van der Waals surface area contributed by atoms with Crippen LogP contribution < -0.4 is 10.9 Å². The van der Waals surface area contributed by atoms with Crippen LogP contribution in [0.2, 0.25) is 0 Å². The summed E-state index contributed by atoms with van der Waals surface area (Å²) in [5.74, 6) is -0.307. The number of methoxy groups -OCH3 is 1. The van der Waals surface area contributed by atoms with Gasteiger partial charge in [-0.05, 0) is 56.1 Å². The lowest BCUT2D eigenvalue weighted by Gasteiger charge is -2.26. The molecule has 31 heavy (non-hydrogen) atoms. The van der Waals surface area contributed by atoms with Crippen LogP contribution in [0.4, 0.5) is 0 Å². The number of carbonyl (C=O) groups is 2. The van der Waals surface area contributed by atoms with Crippen LogP contribution in [-0.2, 0) is 33.7 Å². The Morgan fingerprint density at radius 1 is 1.06 bits per heavy atom. The Hall–Kier alpha value is -2.15. The Kier molecular flexibility index (Phi) is 9.13. The van der Waals surface area contributed by atoms with Crippen molar-refractivity contribution in [3.63, 3.8) is 0 Å². The number of hydrogen-bond acceptors (Lipinski definition) is 5. The number of hydrogen-bond donors (Lipinski definition) is 1. The third-order valence-electron chi connectivity index (χ3n) is 6.49. The maximum Gasteiger partial charge on any atom is 0.331 e. The van der Waals surface area contributed by atoms with Crippen LogP contribution in [0.25, 0.3) is 0 Å². The monoisotopic (exact) mass is 432 g/mol. The molecule has 0 spiro atoms. The van der Waals surface area contributed by atoms with E-state index in [0.717, 1.165) is 56.3 Å². The fourth-order valence-corrected chi connectivity index (χ4v) is 4.76. The van der Waals surface area contributed by atoms with Crippen molar-refractivity contribution >= 4 is 11.9 Å². The van der Waals surface area contributed by atoms with E-state index in [1.54, 1.807) is 0 Å². The smallest absolute Gasteiger partial charge is 0.331 e. The maximum atomic E-state index is 13.4. The van der Waals surface area contributed by atoms with Gasteiger partial charge in [0, 0.05) is 18.8 Å². The average Bonchev–Trinajstić information content (AvgIpc) is 2.76. The van der Waals surface area contributed by atoms with Crippen LogP contribution in [0, 0.1) is 5.92 Å². The first kappa shape index (κ1) is 23.5. The minimum Gasteiger partial charge on any atom is -0.467 e. The van der Waals surface area contributed by atoms with Gasteiger partial charge < -0.3 is 19.4 Å². The molecule has 1 aromatic rings. The molecule has 7 heteroatoms. The second-order valence-corrected chi connectivity index (χ2v) is 8.75. The lowest BCUT2D eigenvalue weighted by atomic mass is 9.88.